The number of hydrogen-bond donors (Lipinski definition) is 0. The maximum Gasteiger partial charge on any atom is 0.192 e. The number of hydrogen-bond acceptors (Lipinski definition) is 5. The van der Waals surface area contributed by atoms with Gasteiger partial charge in [0.1, 0.15) is 5.78 Å². The van der Waals surface area contributed by atoms with E-state index >= 15 is 0 Å². The number of carbonyl (C=O) groups is 1. The van der Waals surface area contributed by atoms with Gasteiger partial charge in [0.15, 0.2) is 33.3 Å². The molecule has 10 heteroatoms. The second-order valence-electron chi connectivity index (χ2n) is 32.1. The molecule has 4 aliphatic rings. The van der Waals surface area contributed by atoms with E-state index in [9.17, 15) is 4.79 Å². The van der Waals surface area contributed by atoms with E-state index in [0.29, 0.717) is 34.9 Å². The first kappa shape index (κ1) is 65.9. The van der Waals surface area contributed by atoms with Crippen LogP contribution in [0.5, 0.6) is 0 Å². The topological polar surface area (TPSA) is 54.0 Å². The fraction of sp³-hybridized carbons (Fsp3) is 0.951. The minimum absolute atomic E-state index is 0.0814. The molecule has 71 heavy (non-hydrogen) atoms. The minimum Gasteiger partial charge on any atom is -0.411 e. The summed E-state index contributed by atoms with van der Waals surface area (Å²) in [4.78, 5) is 14.9. The van der Waals surface area contributed by atoms with Crippen molar-refractivity contribution in [2.45, 2.75) is 324 Å². The van der Waals surface area contributed by atoms with Crippen molar-refractivity contribution in [3.8, 4) is 0 Å². The normalized spacial score (nSPS) is 29.0. The van der Waals surface area contributed by atoms with E-state index in [4.69, 9.17) is 17.7 Å². The van der Waals surface area contributed by atoms with Gasteiger partial charge in [-0.25, -0.2) is 0 Å². The van der Waals surface area contributed by atoms with Crippen LogP contribution in [0, 0.1) is 46.3 Å². The summed E-state index contributed by atoms with van der Waals surface area (Å²) in [5.74, 6) is 4.39. The molecule has 10 atom stereocenters. The highest BCUT2D eigenvalue weighted by molar-refractivity contribution is 9.11. The van der Waals surface area contributed by atoms with Gasteiger partial charge in [-0.2, -0.15) is 0 Å². The Kier molecular flexibility index (Phi) is 21.5. The van der Waals surface area contributed by atoms with Crippen LogP contribution in [0.4, 0.5) is 0 Å². The van der Waals surface area contributed by atoms with Crippen molar-refractivity contribution in [3.63, 3.8) is 0 Å². The Balaban J connectivity index is 0.000000375. The molecule has 5 nitrogen and oxygen atoms in total. The van der Waals surface area contributed by atoms with Crippen LogP contribution in [-0.4, -0.2) is 62.5 Å². The predicted octanol–water partition coefficient (Wildman–Crippen LogP) is 20.5. The van der Waals surface area contributed by atoms with Crippen molar-refractivity contribution in [2.75, 3.05) is 0 Å². The summed E-state index contributed by atoms with van der Waals surface area (Å²) in [6, 6.07) is 0. The fourth-order valence-electron chi connectivity index (χ4n) is 13.2. The molecule has 4 saturated carbocycles. The zero-order valence-electron chi connectivity index (χ0n) is 52.5. The first-order valence-electron chi connectivity index (χ1n) is 29.2. The molecule has 0 heterocycles. The van der Waals surface area contributed by atoms with Crippen LogP contribution in [0.3, 0.4) is 0 Å². The first-order valence-corrected chi connectivity index (χ1v) is 41.8. The zero-order chi connectivity index (χ0) is 55.2. The van der Waals surface area contributed by atoms with E-state index in [1.165, 1.54) is 51.4 Å². The lowest BCUT2D eigenvalue weighted by Crippen LogP contribution is -2.56. The highest BCUT2D eigenvalue weighted by Gasteiger charge is 2.55. The Hall–Kier alpha value is 0.598. The first-order chi connectivity index (χ1) is 31.6. The average Bonchev–Trinajstić information content (AvgIpc) is 3.72. The van der Waals surface area contributed by atoms with Gasteiger partial charge in [-0.05, 0) is 229 Å². The van der Waals surface area contributed by atoms with Gasteiger partial charge in [-0.15, -0.1) is 0 Å². The van der Waals surface area contributed by atoms with E-state index in [-0.39, 0.29) is 49.0 Å². The highest BCUT2D eigenvalue weighted by atomic mass is 79.9. The molecule has 0 spiro atoms. The Labute approximate surface area is 455 Å². The fourth-order valence-corrected chi connectivity index (χ4v) is 20.2. The van der Waals surface area contributed by atoms with E-state index < -0.39 is 33.3 Å². The van der Waals surface area contributed by atoms with Crippen LogP contribution in [0.1, 0.15) is 228 Å². The lowest BCUT2D eigenvalue weighted by Gasteiger charge is -2.49. The molecule has 0 aliphatic heterocycles. The Bertz CT molecular complexity index is 1780. The molecule has 4 aliphatic carbocycles. The number of rotatable bonds is 18. The van der Waals surface area contributed by atoms with Crippen LogP contribution in [-0.2, 0) is 22.5 Å². The molecule has 0 amide bonds. The second kappa shape index (κ2) is 23.1. The molecular weight excluding hydrogens is 1000 g/mol. The van der Waals surface area contributed by atoms with Crippen LogP contribution >= 0.6 is 15.9 Å². The quantitative estimate of drug-likeness (QED) is 0.128. The summed E-state index contributed by atoms with van der Waals surface area (Å²) < 4.78 is 28.6. The molecule has 0 radical (unpaired) electrons. The van der Waals surface area contributed by atoms with Crippen molar-refractivity contribution >= 4 is 55.0 Å². The second-order valence-corrected chi connectivity index (χ2v) is 51.5. The Morgan fingerprint density at radius 1 is 0.521 bits per heavy atom. The lowest BCUT2D eigenvalue weighted by molar-refractivity contribution is -0.130. The van der Waals surface area contributed by atoms with Crippen LogP contribution < -0.4 is 0 Å². The monoisotopic (exact) mass is 1120 g/mol. The average molecular weight is 1130 g/mol. The molecular formula is C61H121BrO5Si4. The summed E-state index contributed by atoms with van der Waals surface area (Å²) in [7, 11) is -7.78. The van der Waals surface area contributed by atoms with Crippen molar-refractivity contribution in [1.82, 2.24) is 0 Å². The molecule has 418 valence electrons. The molecule has 0 saturated heterocycles. The van der Waals surface area contributed by atoms with Gasteiger partial charge in [-0.1, -0.05) is 132 Å². The number of carbonyl (C=O) groups excluding carboxylic acids is 1. The van der Waals surface area contributed by atoms with E-state index in [1.807, 2.05) is 0 Å². The maximum atomic E-state index is 12.7. The van der Waals surface area contributed by atoms with E-state index in [0.717, 1.165) is 50.4 Å². The lowest BCUT2D eigenvalue weighted by atomic mass is 9.61. The molecule has 0 aromatic carbocycles. The summed E-state index contributed by atoms with van der Waals surface area (Å²) in [5, 5.41) is 0.712. The third kappa shape index (κ3) is 15.5. The van der Waals surface area contributed by atoms with Crippen molar-refractivity contribution in [2.24, 2.45) is 46.3 Å². The zero-order valence-corrected chi connectivity index (χ0v) is 58.1. The summed E-state index contributed by atoms with van der Waals surface area (Å²) in [5.41, 5.74) is 1.71. The van der Waals surface area contributed by atoms with Crippen molar-refractivity contribution in [3.05, 3.63) is 10.6 Å². The van der Waals surface area contributed by atoms with Crippen LogP contribution in [0.2, 0.25) is 72.5 Å². The van der Waals surface area contributed by atoms with E-state index in [1.54, 1.807) is 5.57 Å². The summed E-state index contributed by atoms with van der Waals surface area (Å²) in [6.45, 7) is 66.4. The van der Waals surface area contributed by atoms with E-state index in [2.05, 4.69) is 212 Å². The third-order valence-corrected chi connectivity index (χ3v) is 40.8. The SMILES string of the molecule is C[C@H](CC[C@@H](O[Si](C)(C)C(C)(C)C)C(C)(C)O[Si](C)(C)C(C)(C)C)[C@H]1CC[C@H]2/C(=C/Br)CCC[C@]12C.C[C@H](CC[C@@H](O[Si](C)(C)C(C)(C)C)C(C)(C)O[Si](C)(C)C(C)(C)C)[C@H]1CC[C@H]2C(=O)CCC[C@]12C. The van der Waals surface area contributed by atoms with Gasteiger partial charge in [-0.3, -0.25) is 4.79 Å². The predicted molar refractivity (Wildman–Crippen MR) is 324 cm³/mol. The maximum absolute atomic E-state index is 12.7. The number of allylic oxidation sites excluding steroid dienone is 1. The summed E-state index contributed by atoms with van der Waals surface area (Å²) >= 11 is 3.70. The number of Topliss-reactive ketones (excluding diaryl/α,β-unsaturated/α-hetero) is 1. The molecule has 4 rings (SSSR count). The van der Waals surface area contributed by atoms with Crippen molar-refractivity contribution in [1.29, 1.82) is 0 Å². The van der Waals surface area contributed by atoms with Crippen LogP contribution in [0.25, 0.3) is 0 Å². The highest BCUT2D eigenvalue weighted by Crippen LogP contribution is 2.61. The molecule has 0 unspecified atom stereocenters. The Morgan fingerprint density at radius 3 is 1.18 bits per heavy atom. The molecule has 4 fully saturated rings. The molecule has 0 aromatic rings. The standard InChI is InChI=1S/C31H61BrO2Si2.C30H60O3Si2/c1-23(25-18-19-26-24(22-32)16-15-21-31(25,26)10)17-20-27(33-35(11,12)28(2,3)4)30(8,9)34-36(13,14)29(5,6)7;1-22(23-18-19-24-25(31)16-15-21-30(23,24)10)17-20-26(32-34(11,12)27(2,3)4)29(8,9)33-35(13,14)28(5,6)7/h22-23,25-27H,15-21H2,1-14H3;22-24,26H,15-21H2,1-14H3/b24-22+;/t23-,25-,26+,27-,31-;22-,23-,24+,26-,30-/m11/s1. The van der Waals surface area contributed by atoms with Crippen molar-refractivity contribution < 1.29 is 22.5 Å². The minimum atomic E-state index is -1.96. The van der Waals surface area contributed by atoms with Gasteiger partial charge in [0, 0.05) is 12.3 Å². The van der Waals surface area contributed by atoms with Gasteiger partial charge in [0.05, 0.1) is 23.4 Å². The summed E-state index contributed by atoms with van der Waals surface area (Å²) in [6.07, 6.45) is 16.9. The number of halogens is 1. The van der Waals surface area contributed by atoms with Gasteiger partial charge in [0.2, 0.25) is 0 Å². The Morgan fingerprint density at radius 2 is 0.845 bits per heavy atom. The smallest absolute Gasteiger partial charge is 0.192 e. The van der Waals surface area contributed by atoms with Crippen LogP contribution in [0.15, 0.2) is 10.6 Å². The van der Waals surface area contributed by atoms with Gasteiger partial charge < -0.3 is 17.7 Å². The number of fused-ring (bicyclic) bond motifs is 2. The molecule has 0 bridgehead atoms. The van der Waals surface area contributed by atoms with Gasteiger partial charge >= 0.3 is 0 Å². The number of ketones is 1. The van der Waals surface area contributed by atoms with Gasteiger partial charge in [0.25, 0.3) is 0 Å². The molecule has 0 N–H and O–H groups in total. The molecule has 0 aromatic heterocycles. The largest absolute Gasteiger partial charge is 0.411 e. The third-order valence-electron chi connectivity index (χ3n) is 21.9.